The quantitative estimate of drug-likeness (QED) is 0.0282. The van der Waals surface area contributed by atoms with E-state index in [2.05, 4.69) is 24.9 Å². The molecule has 0 bridgehead atoms. The molecule has 0 spiro atoms. The number of aromatic amines is 3. The number of aryl methyl sites for hydroxylation is 2. The van der Waals surface area contributed by atoms with E-state index in [9.17, 15) is 48.3 Å². The molecule has 14 atom stereocenters. The third-order valence-electron chi connectivity index (χ3n) is 11.4. The van der Waals surface area contributed by atoms with E-state index in [1.807, 2.05) is 0 Å². The zero-order valence-corrected chi connectivity index (χ0v) is 47.3. The van der Waals surface area contributed by atoms with Crippen LogP contribution in [0.4, 0.5) is 5.95 Å². The molecule has 7 rings (SSSR count). The second-order valence-corrected chi connectivity index (χ2v) is 28.1. The summed E-state index contributed by atoms with van der Waals surface area (Å²) in [5, 5.41) is 9.21. The van der Waals surface area contributed by atoms with E-state index in [0.717, 1.165) is 9.13 Å². The lowest BCUT2D eigenvalue weighted by atomic mass is 10.1. The number of hydrogen-bond acceptors (Lipinski definition) is 29. The standard InChI is InChI=1S/C37H55N9O22P4S4/c1-17(2)65-70(54,74)59-13-23-21(10-26(63-23)46-16-39-27-30(46)40-35(38)41-33(27)50)67-71(55,75)60-14-22-20(9-25(62-22)44-11-18(3)31(48)42-36(44)51)66-72(56,76)61-15-24-28(68-69(53,73)58-8-6-7-47)29(57-5)34(64-24)45-12-19(4)32(49)43-37(45)52/h11-12,16-17,20-26,28-29,34,47H,6-10,13-15H2,1-5H3,(H,53,73)(H,54,74)(H,55,75)(H,56,76)(H,42,48,51)(H,43,49,52)(H3,38,40,41,50)/p-4/t20-,21-,22-,23-,24-,25-,26-,28+,29?,34-,69?,70?,71?,72?/m1/s1. The monoisotopic (exact) mass is 1230 g/mol. The Labute approximate surface area is 450 Å². The first kappa shape index (κ1) is 61.0. The summed E-state index contributed by atoms with van der Waals surface area (Å²) in [6.45, 7) is -14.8. The van der Waals surface area contributed by atoms with Crippen molar-refractivity contribution < 1.29 is 79.5 Å². The number of aliphatic hydroxyl groups excluding tert-OH is 1. The van der Waals surface area contributed by atoms with Crippen LogP contribution in [0.2, 0.25) is 0 Å². The maximum Gasteiger partial charge on any atom is 0.330 e. The first-order valence-corrected chi connectivity index (χ1v) is 32.8. The van der Waals surface area contributed by atoms with E-state index in [1.165, 1.54) is 44.2 Å². The van der Waals surface area contributed by atoms with Gasteiger partial charge in [0.25, 0.3) is 16.7 Å². The highest BCUT2D eigenvalue weighted by molar-refractivity contribution is 8.32. The first-order valence-electron chi connectivity index (χ1n) is 22.6. The fraction of sp³-hybridized carbons (Fsp3) is 0.649. The minimum absolute atomic E-state index is 0.00688. The molecule has 3 aliphatic heterocycles. The maximum absolute atomic E-state index is 14.2. The van der Waals surface area contributed by atoms with Crippen molar-refractivity contribution in [1.29, 1.82) is 0 Å². The van der Waals surface area contributed by atoms with Crippen LogP contribution in [-0.2, 0) is 107 Å². The number of aliphatic hydroxyl groups is 1. The Morgan fingerprint density at radius 2 is 1.33 bits per heavy atom. The number of hydrogen-bond donors (Lipinski definition) is 5. The van der Waals surface area contributed by atoms with Crippen LogP contribution in [0.1, 0.15) is 62.9 Å². The molecule has 6 N–H and O–H groups in total. The highest BCUT2D eigenvalue weighted by atomic mass is 32.7. The molecule has 0 aromatic carbocycles. The van der Waals surface area contributed by atoms with Crippen LogP contribution in [0.15, 0.2) is 42.7 Å². The molecule has 0 saturated carbocycles. The van der Waals surface area contributed by atoms with Crippen LogP contribution in [0.5, 0.6) is 0 Å². The van der Waals surface area contributed by atoms with E-state index >= 15 is 0 Å². The molecule has 76 heavy (non-hydrogen) atoms. The Morgan fingerprint density at radius 1 is 0.776 bits per heavy atom. The van der Waals surface area contributed by atoms with Crippen LogP contribution in [0.25, 0.3) is 11.2 Å². The number of nitrogens with one attached hydrogen (secondary N) is 3. The lowest BCUT2D eigenvalue weighted by molar-refractivity contribution is -0.218. The van der Waals surface area contributed by atoms with Crippen LogP contribution < -0.4 is 48.5 Å². The van der Waals surface area contributed by atoms with Crippen molar-refractivity contribution in [3.8, 4) is 0 Å². The summed E-state index contributed by atoms with van der Waals surface area (Å²) in [6.07, 6.45) is -11.0. The molecule has 39 heteroatoms. The van der Waals surface area contributed by atoms with Gasteiger partial charge in [-0.2, -0.15) is 4.98 Å². The molecule has 0 aliphatic carbocycles. The summed E-state index contributed by atoms with van der Waals surface area (Å²) < 4.78 is 86.1. The van der Waals surface area contributed by atoms with E-state index in [-0.39, 0.29) is 60.7 Å². The summed E-state index contributed by atoms with van der Waals surface area (Å²) >= 11 is 20.8. The van der Waals surface area contributed by atoms with Crippen LogP contribution in [0, 0.1) is 13.8 Å². The number of anilines is 1. The number of methoxy groups -OCH3 is 1. The Balaban J connectivity index is 1.11. The van der Waals surface area contributed by atoms with Gasteiger partial charge in [-0.15, -0.1) is 0 Å². The van der Waals surface area contributed by atoms with Gasteiger partial charge in [0.15, 0.2) is 24.2 Å². The Bertz CT molecular complexity index is 3250. The smallest absolute Gasteiger partial charge is 0.330 e. The summed E-state index contributed by atoms with van der Waals surface area (Å²) in [5.74, 6) is -0.236. The molecule has 424 valence electrons. The fourth-order valence-corrected chi connectivity index (χ4v) is 14.0. The number of H-pyrrole nitrogens is 3. The number of imidazole rings is 1. The van der Waals surface area contributed by atoms with Gasteiger partial charge in [-0.3, -0.25) is 47.6 Å². The largest absolute Gasteiger partial charge is 0.780 e. The van der Waals surface area contributed by atoms with Crippen LogP contribution in [0.3, 0.4) is 0 Å². The number of nitrogen functional groups attached to an aromatic ring is 1. The number of fused-ring (bicyclic) bond motifs is 1. The third kappa shape index (κ3) is 15.2. The number of nitrogens with two attached hydrogens (primary N) is 1. The van der Waals surface area contributed by atoms with Crippen LogP contribution in [-0.4, -0.2) is 133 Å². The zero-order chi connectivity index (χ0) is 55.7. The van der Waals surface area contributed by atoms with Gasteiger partial charge in [0.05, 0.1) is 51.1 Å². The van der Waals surface area contributed by atoms with E-state index in [1.54, 1.807) is 13.8 Å². The third-order valence-corrected chi connectivity index (χ3v) is 17.8. The van der Waals surface area contributed by atoms with Gasteiger partial charge < -0.3 is 92.9 Å². The van der Waals surface area contributed by atoms with Crippen molar-refractivity contribution in [2.24, 2.45) is 0 Å². The van der Waals surface area contributed by atoms with Gasteiger partial charge in [-0.05, 0) is 34.1 Å². The van der Waals surface area contributed by atoms with Gasteiger partial charge >= 0.3 is 11.4 Å². The molecular weight excluding hydrogens is 1170 g/mol. The zero-order valence-electron chi connectivity index (χ0n) is 40.5. The lowest BCUT2D eigenvalue weighted by Crippen LogP contribution is -2.41. The Hall–Kier alpha value is -2.60. The topological polar surface area (TPSA) is 417 Å². The number of rotatable bonds is 25. The van der Waals surface area contributed by atoms with Gasteiger partial charge in [0, 0.05) is 50.1 Å². The maximum atomic E-state index is 14.2. The molecule has 0 amide bonds. The Morgan fingerprint density at radius 3 is 1.93 bits per heavy atom. The molecule has 0 radical (unpaired) electrons. The molecule has 5 unspecified atom stereocenters. The molecule has 3 fully saturated rings. The summed E-state index contributed by atoms with van der Waals surface area (Å²) in [6, 6.07) is 0. The minimum Gasteiger partial charge on any atom is -0.780 e. The Kier molecular flexibility index (Phi) is 20.1. The van der Waals surface area contributed by atoms with E-state index < -0.39 is 142 Å². The lowest BCUT2D eigenvalue weighted by Gasteiger charge is -2.35. The number of nitrogens with zero attached hydrogens (tertiary/aromatic N) is 5. The van der Waals surface area contributed by atoms with E-state index in [4.69, 9.17) is 109 Å². The second-order valence-electron chi connectivity index (χ2n) is 17.3. The van der Waals surface area contributed by atoms with E-state index in [0.29, 0.717) is 0 Å². The summed E-state index contributed by atoms with van der Waals surface area (Å²) in [4.78, 5) is 118. The highest BCUT2D eigenvalue weighted by Crippen LogP contribution is 2.53. The highest BCUT2D eigenvalue weighted by Gasteiger charge is 2.49. The molecule has 7 heterocycles. The minimum atomic E-state index is -4.79. The van der Waals surface area contributed by atoms with Crippen molar-refractivity contribution in [2.75, 3.05) is 45.9 Å². The first-order chi connectivity index (χ1) is 35.6. The molecule has 3 aliphatic rings. The predicted octanol–water partition coefficient (Wildman–Crippen LogP) is -1.65. The van der Waals surface area contributed by atoms with Crippen molar-refractivity contribution in [3.63, 3.8) is 0 Å². The van der Waals surface area contributed by atoms with Crippen LogP contribution >= 0.6 is 27.0 Å². The number of aromatic nitrogens is 8. The molecular formula is C37H51N9O22P4S4-4. The van der Waals surface area contributed by atoms with Crippen molar-refractivity contribution >= 4 is 91.7 Å². The summed E-state index contributed by atoms with van der Waals surface area (Å²) in [5.41, 5.74) is 1.99. The second kappa shape index (κ2) is 25.0. The van der Waals surface area contributed by atoms with Gasteiger partial charge in [0.1, 0.15) is 63.1 Å². The SMILES string of the molecule is COC1[C@@H](OP([O-])(=S)OCCCO)[C@@H](COP(=O)([S-])O[C@@H]2C[C@H](n3cc(C)c(=O)[nH]c3=O)O[C@@H]2COP([O-])(=S)O[C@@H]2C[C@H](n3cnc4c(=O)[nH]c(N)nc43)O[C@@H]2COP([O-])(=S)OC(C)C)O[C@H]1n1cc(C)c(=O)[nH]c1=O. The van der Waals surface area contributed by atoms with Crippen molar-refractivity contribution in [1.82, 2.24) is 38.6 Å². The van der Waals surface area contributed by atoms with Gasteiger partial charge in [-0.25, -0.2) is 14.6 Å². The van der Waals surface area contributed by atoms with Gasteiger partial charge in [-0.1, -0.05) is 35.4 Å². The molecule has 3 saturated heterocycles. The fourth-order valence-electron chi connectivity index (χ4n) is 8.03. The molecule has 4 aromatic rings. The van der Waals surface area contributed by atoms with Crippen molar-refractivity contribution in [3.05, 3.63) is 81.9 Å². The summed E-state index contributed by atoms with van der Waals surface area (Å²) in [7, 11) is 1.20. The molecule has 31 nitrogen and oxygen atoms in total. The van der Waals surface area contributed by atoms with Gasteiger partial charge in [0.2, 0.25) is 5.95 Å². The number of ether oxygens (including phenoxy) is 4. The van der Waals surface area contributed by atoms with Crippen molar-refractivity contribution in [2.45, 2.75) is 114 Å². The average Bonchev–Trinajstić information content (AvgIpc) is 4.11. The average molecular weight is 1230 g/mol. The normalized spacial score (nSPS) is 28.1. The molecule has 4 aromatic heterocycles. The predicted molar refractivity (Wildman–Crippen MR) is 271 cm³/mol.